The van der Waals surface area contributed by atoms with Gasteiger partial charge in [0.1, 0.15) is 5.82 Å². The molecule has 1 unspecified atom stereocenters. The molecule has 5 rings (SSSR count). The quantitative estimate of drug-likeness (QED) is 0.869. The van der Waals surface area contributed by atoms with Gasteiger partial charge in [-0.2, -0.15) is 0 Å². The van der Waals surface area contributed by atoms with Gasteiger partial charge in [0.05, 0.1) is 11.5 Å². The molecule has 2 saturated heterocycles. The van der Waals surface area contributed by atoms with E-state index >= 15 is 0 Å². The average Bonchev–Trinajstić information content (AvgIpc) is 3.04. The molecule has 1 N–H and O–H groups in total. The lowest BCUT2D eigenvalue weighted by molar-refractivity contribution is -0.139. The third-order valence-electron chi connectivity index (χ3n) is 7.18. The number of nitrogens with zero attached hydrogens (tertiary/aromatic N) is 3. The summed E-state index contributed by atoms with van der Waals surface area (Å²) in [6, 6.07) is 10.8. The van der Waals surface area contributed by atoms with Gasteiger partial charge in [0.2, 0.25) is 5.91 Å². The Kier molecular flexibility index (Phi) is 4.50. The van der Waals surface area contributed by atoms with Crippen molar-refractivity contribution in [2.24, 2.45) is 5.41 Å². The summed E-state index contributed by atoms with van der Waals surface area (Å²) < 4.78 is 0. The second kappa shape index (κ2) is 7.03. The highest BCUT2D eigenvalue weighted by Gasteiger charge is 2.50. The Hall–Kier alpha value is -2.14. The highest BCUT2D eigenvalue weighted by atomic mass is 16.3. The zero-order chi connectivity index (χ0) is 19.1. The molecule has 1 atom stereocenters. The molecule has 5 nitrogen and oxygen atoms in total. The Morgan fingerprint density at radius 1 is 1.04 bits per heavy atom. The van der Waals surface area contributed by atoms with Crippen LogP contribution in [0.25, 0.3) is 10.8 Å². The molecule has 1 amide bonds. The molecule has 148 valence electrons. The largest absolute Gasteiger partial charge is 0.393 e. The van der Waals surface area contributed by atoms with E-state index in [4.69, 9.17) is 4.98 Å². The highest BCUT2D eigenvalue weighted by Crippen LogP contribution is 2.43. The first-order chi connectivity index (χ1) is 13.7. The summed E-state index contributed by atoms with van der Waals surface area (Å²) in [5.74, 6) is 1.36. The van der Waals surface area contributed by atoms with Crippen LogP contribution in [-0.2, 0) is 4.79 Å². The van der Waals surface area contributed by atoms with Crippen molar-refractivity contribution in [1.29, 1.82) is 0 Å². The van der Waals surface area contributed by atoms with Crippen LogP contribution in [0, 0.1) is 5.41 Å². The van der Waals surface area contributed by atoms with Gasteiger partial charge >= 0.3 is 0 Å². The number of aromatic nitrogens is 1. The molecule has 0 radical (unpaired) electrons. The van der Waals surface area contributed by atoms with Crippen LogP contribution in [0.15, 0.2) is 36.5 Å². The van der Waals surface area contributed by atoms with E-state index in [1.807, 2.05) is 6.20 Å². The second-order valence-electron chi connectivity index (χ2n) is 8.87. The van der Waals surface area contributed by atoms with Crippen LogP contribution in [0.5, 0.6) is 0 Å². The number of fused-ring (bicyclic) bond motifs is 1. The standard InChI is InChI=1S/C23H29N3O2/c27-19-8-6-18(7-9-19)26-15-12-23(22(26)28)11-3-14-25(16-23)21-20-5-2-1-4-17(20)10-13-24-21/h1-2,4-5,10,13,18-19,27H,3,6-9,11-12,14-16H2/t18-,19-,23?. The monoisotopic (exact) mass is 379 g/mol. The van der Waals surface area contributed by atoms with Gasteiger partial charge in [-0.1, -0.05) is 24.3 Å². The molecular formula is C23H29N3O2. The Morgan fingerprint density at radius 2 is 1.86 bits per heavy atom. The predicted octanol–water partition coefficient (Wildman–Crippen LogP) is 3.36. The average molecular weight is 380 g/mol. The zero-order valence-electron chi connectivity index (χ0n) is 16.4. The molecule has 2 aromatic rings. The number of carbonyl (C=O) groups excluding carboxylic acids is 1. The number of hydrogen-bond acceptors (Lipinski definition) is 4. The number of anilines is 1. The molecule has 3 heterocycles. The number of aliphatic hydroxyl groups is 1. The second-order valence-corrected chi connectivity index (χ2v) is 8.87. The molecule has 1 aliphatic carbocycles. The normalized spacial score (nSPS) is 31.1. The fraction of sp³-hybridized carbons (Fsp3) is 0.565. The number of benzene rings is 1. The van der Waals surface area contributed by atoms with Crippen molar-refractivity contribution < 1.29 is 9.90 Å². The van der Waals surface area contributed by atoms with Crippen LogP contribution in [0.1, 0.15) is 44.9 Å². The van der Waals surface area contributed by atoms with Crippen LogP contribution < -0.4 is 4.90 Å². The minimum atomic E-state index is -0.257. The van der Waals surface area contributed by atoms with Crippen molar-refractivity contribution in [3.63, 3.8) is 0 Å². The summed E-state index contributed by atoms with van der Waals surface area (Å²) in [6.45, 7) is 2.61. The third-order valence-corrected chi connectivity index (χ3v) is 7.18. The lowest BCUT2D eigenvalue weighted by Gasteiger charge is -2.41. The lowest BCUT2D eigenvalue weighted by Crippen LogP contribution is -2.50. The molecule has 1 aromatic carbocycles. The Bertz CT molecular complexity index is 872. The van der Waals surface area contributed by atoms with Gasteiger partial charge in [-0.15, -0.1) is 0 Å². The van der Waals surface area contributed by atoms with E-state index in [1.165, 1.54) is 10.8 Å². The van der Waals surface area contributed by atoms with Crippen molar-refractivity contribution in [3.8, 4) is 0 Å². The van der Waals surface area contributed by atoms with Crippen molar-refractivity contribution in [3.05, 3.63) is 36.5 Å². The summed E-state index contributed by atoms with van der Waals surface area (Å²) in [6.07, 6.45) is 8.22. The molecule has 1 aromatic heterocycles. The number of piperidine rings is 1. The van der Waals surface area contributed by atoms with Crippen LogP contribution in [0.2, 0.25) is 0 Å². The number of carbonyl (C=O) groups is 1. The molecule has 2 aliphatic heterocycles. The molecule has 28 heavy (non-hydrogen) atoms. The SMILES string of the molecule is O=C1N([C@H]2CC[C@H](O)CC2)CCC12CCCN(c1nccc3ccccc13)C2. The van der Waals surface area contributed by atoms with Gasteiger partial charge in [-0.05, 0) is 56.4 Å². The van der Waals surface area contributed by atoms with Crippen LogP contribution in [-0.4, -0.2) is 52.7 Å². The lowest BCUT2D eigenvalue weighted by atomic mass is 9.78. The van der Waals surface area contributed by atoms with Gasteiger partial charge in [0, 0.05) is 37.3 Å². The number of rotatable bonds is 2. The first-order valence-corrected chi connectivity index (χ1v) is 10.7. The van der Waals surface area contributed by atoms with Gasteiger partial charge in [-0.25, -0.2) is 4.98 Å². The van der Waals surface area contributed by atoms with Crippen molar-refractivity contribution >= 4 is 22.5 Å². The Labute approximate surface area is 166 Å². The maximum atomic E-state index is 13.5. The van der Waals surface area contributed by atoms with Crippen molar-refractivity contribution in [2.75, 3.05) is 24.5 Å². The summed E-state index contributed by atoms with van der Waals surface area (Å²) in [5.41, 5.74) is -0.257. The molecule has 1 spiro atoms. The maximum absolute atomic E-state index is 13.5. The van der Waals surface area contributed by atoms with Gasteiger partial charge < -0.3 is 14.9 Å². The number of likely N-dealkylation sites (tertiary alicyclic amines) is 1. The minimum Gasteiger partial charge on any atom is -0.393 e. The number of aliphatic hydroxyl groups excluding tert-OH is 1. The fourth-order valence-corrected chi connectivity index (χ4v) is 5.61. The first-order valence-electron chi connectivity index (χ1n) is 10.7. The molecular weight excluding hydrogens is 350 g/mol. The van der Waals surface area contributed by atoms with Crippen LogP contribution in [0.4, 0.5) is 5.82 Å². The predicted molar refractivity (Wildman–Crippen MR) is 110 cm³/mol. The van der Waals surface area contributed by atoms with E-state index in [0.717, 1.165) is 70.4 Å². The molecule has 3 fully saturated rings. The van der Waals surface area contributed by atoms with Gasteiger partial charge in [0.15, 0.2) is 0 Å². The summed E-state index contributed by atoms with van der Waals surface area (Å²) in [5, 5.41) is 12.2. The smallest absolute Gasteiger partial charge is 0.230 e. The minimum absolute atomic E-state index is 0.175. The van der Waals surface area contributed by atoms with E-state index in [2.05, 4.69) is 40.1 Å². The van der Waals surface area contributed by atoms with Crippen LogP contribution >= 0.6 is 0 Å². The summed E-state index contributed by atoms with van der Waals surface area (Å²) in [7, 11) is 0. The number of pyridine rings is 1. The first kappa shape index (κ1) is 17.9. The Balaban J connectivity index is 1.39. The van der Waals surface area contributed by atoms with Gasteiger partial charge in [0.25, 0.3) is 0 Å². The van der Waals surface area contributed by atoms with E-state index in [0.29, 0.717) is 11.9 Å². The Morgan fingerprint density at radius 3 is 2.71 bits per heavy atom. The van der Waals surface area contributed by atoms with Crippen molar-refractivity contribution in [2.45, 2.75) is 57.1 Å². The molecule has 5 heteroatoms. The number of amides is 1. The summed E-state index contributed by atoms with van der Waals surface area (Å²) in [4.78, 5) is 22.7. The zero-order valence-corrected chi connectivity index (χ0v) is 16.4. The number of hydrogen-bond donors (Lipinski definition) is 1. The molecule has 0 bridgehead atoms. The van der Waals surface area contributed by atoms with Crippen molar-refractivity contribution in [1.82, 2.24) is 9.88 Å². The topological polar surface area (TPSA) is 56.7 Å². The fourth-order valence-electron chi connectivity index (χ4n) is 5.61. The van der Waals surface area contributed by atoms with E-state index < -0.39 is 0 Å². The van der Waals surface area contributed by atoms with Crippen LogP contribution in [0.3, 0.4) is 0 Å². The van der Waals surface area contributed by atoms with E-state index in [1.54, 1.807) is 0 Å². The molecule has 1 saturated carbocycles. The maximum Gasteiger partial charge on any atom is 0.230 e. The molecule has 3 aliphatic rings. The van der Waals surface area contributed by atoms with E-state index in [9.17, 15) is 9.90 Å². The van der Waals surface area contributed by atoms with E-state index in [-0.39, 0.29) is 11.5 Å². The third kappa shape index (κ3) is 2.96. The summed E-state index contributed by atoms with van der Waals surface area (Å²) >= 11 is 0. The highest BCUT2D eigenvalue weighted by molar-refractivity contribution is 5.93. The van der Waals surface area contributed by atoms with Gasteiger partial charge in [-0.3, -0.25) is 4.79 Å².